The van der Waals surface area contributed by atoms with Gasteiger partial charge in [-0.3, -0.25) is 14.4 Å². The molecule has 0 fully saturated rings. The maximum Gasteiger partial charge on any atom is 0.306 e. The van der Waals surface area contributed by atoms with Gasteiger partial charge in [-0.15, -0.1) is 0 Å². The fourth-order valence-corrected chi connectivity index (χ4v) is 11.6. The Bertz CT molecular complexity index is 1190. The molecule has 0 saturated heterocycles. The summed E-state index contributed by atoms with van der Waals surface area (Å²) in [5, 5.41) is 0. The van der Waals surface area contributed by atoms with Gasteiger partial charge in [-0.25, -0.2) is 0 Å². The van der Waals surface area contributed by atoms with Crippen LogP contribution in [0.5, 0.6) is 0 Å². The van der Waals surface area contributed by atoms with E-state index in [0.29, 0.717) is 19.3 Å². The number of hydrogen-bond donors (Lipinski definition) is 0. The molecule has 0 aliphatic rings. The molecule has 79 heavy (non-hydrogen) atoms. The minimum atomic E-state index is -0.762. The normalized spacial score (nSPS) is 11.9. The van der Waals surface area contributed by atoms with Crippen LogP contribution in [-0.2, 0) is 28.6 Å². The van der Waals surface area contributed by atoms with Crippen LogP contribution < -0.4 is 0 Å². The van der Waals surface area contributed by atoms with Crippen molar-refractivity contribution in [2.45, 2.75) is 438 Å². The predicted molar refractivity (Wildman–Crippen MR) is 344 cm³/mol. The van der Waals surface area contributed by atoms with E-state index in [1.54, 1.807) is 0 Å². The minimum absolute atomic E-state index is 0.0612. The monoisotopic (exact) mass is 1120 g/mol. The molecule has 0 aromatic rings. The maximum atomic E-state index is 12.9. The van der Waals surface area contributed by atoms with E-state index in [1.807, 2.05) is 0 Å². The number of esters is 3. The van der Waals surface area contributed by atoms with E-state index in [1.165, 1.54) is 334 Å². The zero-order valence-electron chi connectivity index (χ0n) is 54.2. The average molecular weight is 1120 g/mol. The molecule has 0 saturated carbocycles. The zero-order chi connectivity index (χ0) is 57.1. The Morgan fingerprint density at radius 2 is 0.342 bits per heavy atom. The molecule has 0 aromatic heterocycles. The molecule has 470 valence electrons. The lowest BCUT2D eigenvalue weighted by atomic mass is 10.0. The predicted octanol–water partition coefficient (Wildman–Crippen LogP) is 25.0. The van der Waals surface area contributed by atoms with E-state index in [9.17, 15) is 14.4 Å². The van der Waals surface area contributed by atoms with Gasteiger partial charge in [0.15, 0.2) is 6.10 Å². The topological polar surface area (TPSA) is 78.9 Å². The third-order valence-electron chi connectivity index (χ3n) is 17.1. The molecule has 0 aromatic carbocycles. The summed E-state index contributed by atoms with van der Waals surface area (Å²) in [6.45, 7) is 6.70. The molecule has 0 aliphatic heterocycles. The van der Waals surface area contributed by atoms with E-state index in [-0.39, 0.29) is 31.1 Å². The van der Waals surface area contributed by atoms with Gasteiger partial charge >= 0.3 is 17.9 Å². The Balaban J connectivity index is 3.96. The van der Waals surface area contributed by atoms with E-state index in [4.69, 9.17) is 14.2 Å². The van der Waals surface area contributed by atoms with Gasteiger partial charge in [0.25, 0.3) is 0 Å². The standard InChI is InChI=1S/C73H142O6/c1-4-7-10-13-16-18-20-22-24-26-28-30-32-34-35-36-37-39-40-42-44-46-48-50-52-54-57-60-63-66-72(75)78-69-70(68-77-71(74)65-62-59-56-15-12-9-6-3)79-73(76)67-64-61-58-55-53-51-49-47-45-43-41-38-33-31-29-27-25-23-21-19-17-14-11-8-5-2/h70H,4-69H2,1-3H3. The third-order valence-corrected chi connectivity index (χ3v) is 17.1. The molecule has 0 amide bonds. The van der Waals surface area contributed by atoms with Crippen LogP contribution in [0, 0.1) is 0 Å². The molecule has 6 heteroatoms. The second-order valence-corrected chi connectivity index (χ2v) is 25.2. The van der Waals surface area contributed by atoms with Crippen molar-refractivity contribution < 1.29 is 28.6 Å². The molecule has 0 spiro atoms. The first-order valence-electron chi connectivity index (χ1n) is 36.5. The highest BCUT2D eigenvalue weighted by Crippen LogP contribution is 2.20. The Kier molecular flexibility index (Phi) is 67.5. The Labute approximate surface area is 495 Å². The summed E-state index contributed by atoms with van der Waals surface area (Å²) in [5.41, 5.74) is 0. The molecule has 0 radical (unpaired) electrons. The van der Waals surface area contributed by atoms with E-state index in [0.717, 1.165) is 57.8 Å². The first-order valence-corrected chi connectivity index (χ1v) is 36.5. The molecule has 0 heterocycles. The van der Waals surface area contributed by atoms with Crippen molar-refractivity contribution >= 4 is 17.9 Å². The number of ether oxygens (including phenoxy) is 3. The molecule has 0 aliphatic carbocycles. The van der Waals surface area contributed by atoms with Crippen LogP contribution in [0.4, 0.5) is 0 Å². The second-order valence-electron chi connectivity index (χ2n) is 25.2. The average Bonchev–Trinajstić information content (AvgIpc) is 3.45. The van der Waals surface area contributed by atoms with Crippen LogP contribution in [0.2, 0.25) is 0 Å². The lowest BCUT2D eigenvalue weighted by Gasteiger charge is -2.18. The van der Waals surface area contributed by atoms with Crippen molar-refractivity contribution in [2.75, 3.05) is 13.2 Å². The van der Waals surface area contributed by atoms with Gasteiger partial charge in [0.1, 0.15) is 13.2 Å². The lowest BCUT2D eigenvalue weighted by molar-refractivity contribution is -0.167. The number of carbonyl (C=O) groups is 3. The number of rotatable bonds is 69. The summed E-state index contributed by atoms with van der Waals surface area (Å²) in [6.07, 6.45) is 81.9. The van der Waals surface area contributed by atoms with Crippen molar-refractivity contribution in [2.24, 2.45) is 0 Å². The van der Waals surface area contributed by atoms with Crippen LogP contribution in [-0.4, -0.2) is 37.2 Å². The van der Waals surface area contributed by atoms with Crippen LogP contribution in [0.25, 0.3) is 0 Å². The summed E-state index contributed by atoms with van der Waals surface area (Å²) < 4.78 is 16.9. The van der Waals surface area contributed by atoms with Crippen LogP contribution >= 0.6 is 0 Å². The fraction of sp³-hybridized carbons (Fsp3) is 0.959. The van der Waals surface area contributed by atoms with Gasteiger partial charge in [-0.1, -0.05) is 393 Å². The molecule has 1 atom stereocenters. The van der Waals surface area contributed by atoms with Crippen molar-refractivity contribution in [1.29, 1.82) is 0 Å². The highest BCUT2D eigenvalue weighted by atomic mass is 16.6. The third kappa shape index (κ3) is 67.1. The van der Waals surface area contributed by atoms with Gasteiger partial charge in [0.2, 0.25) is 0 Å². The quantitative estimate of drug-likeness (QED) is 0.0343. The van der Waals surface area contributed by atoms with Gasteiger partial charge in [0.05, 0.1) is 0 Å². The van der Waals surface area contributed by atoms with Gasteiger partial charge < -0.3 is 14.2 Å². The molecule has 0 rings (SSSR count). The number of unbranched alkanes of at least 4 members (excludes halogenated alkanes) is 58. The first kappa shape index (κ1) is 77.4. The zero-order valence-corrected chi connectivity index (χ0v) is 54.2. The largest absolute Gasteiger partial charge is 0.462 e. The van der Waals surface area contributed by atoms with Crippen molar-refractivity contribution in [3.8, 4) is 0 Å². The smallest absolute Gasteiger partial charge is 0.306 e. The molecule has 0 N–H and O–H groups in total. The SMILES string of the molecule is CCCCCCCCCCCCCCCCCCCCCCCCCCCCCCCC(=O)OCC(COC(=O)CCCCCCCCC)OC(=O)CCCCCCCCCCCCCCCCCCCCCCCCCCC. The second kappa shape index (κ2) is 68.9. The van der Waals surface area contributed by atoms with Crippen molar-refractivity contribution in [3.63, 3.8) is 0 Å². The lowest BCUT2D eigenvalue weighted by Crippen LogP contribution is -2.30. The highest BCUT2D eigenvalue weighted by Gasteiger charge is 2.20. The minimum Gasteiger partial charge on any atom is -0.462 e. The van der Waals surface area contributed by atoms with E-state index >= 15 is 0 Å². The fourth-order valence-electron chi connectivity index (χ4n) is 11.6. The molecular formula is C73H142O6. The van der Waals surface area contributed by atoms with E-state index in [2.05, 4.69) is 20.8 Å². The summed E-state index contributed by atoms with van der Waals surface area (Å²) in [4.78, 5) is 38.2. The Morgan fingerprint density at radius 1 is 0.203 bits per heavy atom. The first-order chi connectivity index (χ1) is 39.0. The van der Waals surface area contributed by atoms with Crippen LogP contribution in [0.3, 0.4) is 0 Å². The molecule has 0 bridgehead atoms. The van der Waals surface area contributed by atoms with Crippen LogP contribution in [0.1, 0.15) is 432 Å². The Hall–Kier alpha value is -1.59. The summed E-state index contributed by atoms with van der Waals surface area (Å²) >= 11 is 0. The summed E-state index contributed by atoms with van der Waals surface area (Å²) in [5.74, 6) is -0.831. The summed E-state index contributed by atoms with van der Waals surface area (Å²) in [6, 6.07) is 0. The number of hydrogen-bond acceptors (Lipinski definition) is 6. The van der Waals surface area contributed by atoms with Crippen molar-refractivity contribution in [1.82, 2.24) is 0 Å². The summed E-state index contributed by atoms with van der Waals surface area (Å²) in [7, 11) is 0. The highest BCUT2D eigenvalue weighted by molar-refractivity contribution is 5.71. The number of carbonyl (C=O) groups excluding carboxylic acids is 3. The van der Waals surface area contributed by atoms with Gasteiger partial charge in [-0.05, 0) is 19.3 Å². The van der Waals surface area contributed by atoms with Crippen LogP contribution in [0.15, 0.2) is 0 Å². The van der Waals surface area contributed by atoms with E-state index < -0.39 is 6.10 Å². The Morgan fingerprint density at radius 3 is 0.506 bits per heavy atom. The van der Waals surface area contributed by atoms with Gasteiger partial charge in [-0.2, -0.15) is 0 Å². The van der Waals surface area contributed by atoms with Crippen molar-refractivity contribution in [3.05, 3.63) is 0 Å². The van der Waals surface area contributed by atoms with Gasteiger partial charge in [0, 0.05) is 19.3 Å². The molecule has 6 nitrogen and oxygen atoms in total. The molecule has 1 unspecified atom stereocenters. The molecular weight excluding hydrogens is 973 g/mol. The maximum absolute atomic E-state index is 12.9.